The van der Waals surface area contributed by atoms with Crippen LogP contribution in [0.1, 0.15) is 39.5 Å². The quantitative estimate of drug-likeness (QED) is 0.747. The Morgan fingerprint density at radius 1 is 1.22 bits per heavy atom. The third kappa shape index (κ3) is 2.85. The standard InChI is InChI=1S/C14H18BrF2N/c1-14(2)6-4-3-5-13(14)18-12-8-10(16)9(15)7-11(12)17/h7-8,13,18H,3-6H2,1-2H3. The summed E-state index contributed by atoms with van der Waals surface area (Å²) in [4.78, 5) is 0. The zero-order valence-electron chi connectivity index (χ0n) is 10.7. The molecule has 0 heterocycles. The Hall–Kier alpha value is -0.640. The average molecular weight is 318 g/mol. The number of anilines is 1. The smallest absolute Gasteiger partial charge is 0.147 e. The van der Waals surface area contributed by atoms with Crippen molar-refractivity contribution in [3.8, 4) is 0 Å². The van der Waals surface area contributed by atoms with Crippen LogP contribution in [-0.2, 0) is 0 Å². The highest BCUT2D eigenvalue weighted by molar-refractivity contribution is 9.10. The third-order valence-corrected chi connectivity index (χ3v) is 4.45. The summed E-state index contributed by atoms with van der Waals surface area (Å²) in [5.74, 6) is -0.850. The van der Waals surface area contributed by atoms with Crippen LogP contribution < -0.4 is 5.32 Å². The molecule has 0 radical (unpaired) electrons. The first kappa shape index (κ1) is 13.8. The molecule has 0 saturated heterocycles. The number of hydrogen-bond donors (Lipinski definition) is 1. The van der Waals surface area contributed by atoms with Crippen molar-refractivity contribution in [3.63, 3.8) is 0 Å². The molecule has 1 aromatic rings. The molecule has 0 bridgehead atoms. The van der Waals surface area contributed by atoms with Gasteiger partial charge in [0.15, 0.2) is 0 Å². The van der Waals surface area contributed by atoms with Crippen LogP contribution in [0.2, 0.25) is 0 Å². The minimum absolute atomic E-state index is 0.119. The second-order valence-corrected chi connectivity index (χ2v) is 6.53. The van der Waals surface area contributed by atoms with Crippen LogP contribution in [-0.4, -0.2) is 6.04 Å². The summed E-state index contributed by atoms with van der Waals surface area (Å²) in [6.07, 6.45) is 4.47. The van der Waals surface area contributed by atoms with Crippen molar-refractivity contribution in [2.75, 3.05) is 5.32 Å². The summed E-state index contributed by atoms with van der Waals surface area (Å²) in [5, 5.41) is 3.17. The van der Waals surface area contributed by atoms with Gasteiger partial charge in [0.25, 0.3) is 0 Å². The minimum Gasteiger partial charge on any atom is -0.379 e. The predicted molar refractivity (Wildman–Crippen MR) is 73.7 cm³/mol. The minimum atomic E-state index is -0.437. The van der Waals surface area contributed by atoms with E-state index in [2.05, 4.69) is 35.1 Å². The van der Waals surface area contributed by atoms with Crippen molar-refractivity contribution in [1.82, 2.24) is 0 Å². The summed E-state index contributed by atoms with van der Waals surface area (Å²) < 4.78 is 27.4. The van der Waals surface area contributed by atoms with E-state index in [-0.39, 0.29) is 21.6 Å². The molecule has 1 unspecified atom stereocenters. The maximum atomic E-state index is 13.8. The molecule has 2 rings (SSSR count). The molecule has 0 spiro atoms. The lowest BCUT2D eigenvalue weighted by Crippen LogP contribution is -2.39. The van der Waals surface area contributed by atoms with Gasteiger partial charge in [-0.25, -0.2) is 8.78 Å². The summed E-state index contributed by atoms with van der Waals surface area (Å²) in [7, 11) is 0. The SMILES string of the molecule is CC1(C)CCCCC1Nc1cc(F)c(Br)cc1F. The summed E-state index contributed by atoms with van der Waals surface area (Å²) in [6.45, 7) is 4.36. The zero-order valence-corrected chi connectivity index (χ0v) is 12.3. The molecule has 0 aromatic heterocycles. The maximum Gasteiger partial charge on any atom is 0.147 e. The summed E-state index contributed by atoms with van der Waals surface area (Å²) >= 11 is 2.99. The van der Waals surface area contributed by atoms with Crippen molar-refractivity contribution in [2.45, 2.75) is 45.6 Å². The number of hydrogen-bond acceptors (Lipinski definition) is 1. The summed E-state index contributed by atoms with van der Waals surface area (Å²) in [6, 6.07) is 2.60. The topological polar surface area (TPSA) is 12.0 Å². The third-order valence-electron chi connectivity index (χ3n) is 3.85. The Balaban J connectivity index is 2.20. The normalized spacial score (nSPS) is 22.8. The molecular weight excluding hydrogens is 300 g/mol. The lowest BCUT2D eigenvalue weighted by Gasteiger charge is -2.39. The number of halogens is 3. The molecule has 0 aliphatic heterocycles. The highest BCUT2D eigenvalue weighted by atomic mass is 79.9. The largest absolute Gasteiger partial charge is 0.379 e. The molecule has 1 saturated carbocycles. The number of nitrogens with one attached hydrogen (secondary N) is 1. The fourth-order valence-corrected chi connectivity index (χ4v) is 2.90. The molecule has 0 amide bonds. The van der Waals surface area contributed by atoms with Gasteiger partial charge in [-0.05, 0) is 40.3 Å². The van der Waals surface area contributed by atoms with E-state index in [0.29, 0.717) is 0 Å². The molecule has 1 atom stereocenters. The Bertz CT molecular complexity index is 446. The van der Waals surface area contributed by atoms with Crippen molar-refractivity contribution >= 4 is 21.6 Å². The van der Waals surface area contributed by atoms with Crippen LogP contribution in [0.4, 0.5) is 14.5 Å². The van der Waals surface area contributed by atoms with Crippen molar-refractivity contribution < 1.29 is 8.78 Å². The Morgan fingerprint density at radius 3 is 2.61 bits per heavy atom. The molecule has 1 aliphatic rings. The maximum absolute atomic E-state index is 13.8. The van der Waals surface area contributed by atoms with Gasteiger partial charge >= 0.3 is 0 Å². The van der Waals surface area contributed by atoms with E-state index in [1.54, 1.807) is 0 Å². The van der Waals surface area contributed by atoms with Gasteiger partial charge in [-0.1, -0.05) is 26.7 Å². The molecule has 1 N–H and O–H groups in total. The van der Waals surface area contributed by atoms with Crippen LogP contribution in [0.25, 0.3) is 0 Å². The monoisotopic (exact) mass is 317 g/mol. The van der Waals surface area contributed by atoms with Crippen LogP contribution in [0.3, 0.4) is 0 Å². The van der Waals surface area contributed by atoms with Gasteiger partial charge < -0.3 is 5.32 Å². The van der Waals surface area contributed by atoms with Gasteiger partial charge in [0.2, 0.25) is 0 Å². The van der Waals surface area contributed by atoms with Crippen LogP contribution in [0.5, 0.6) is 0 Å². The Kier molecular flexibility index (Phi) is 3.95. The first-order valence-electron chi connectivity index (χ1n) is 6.31. The first-order chi connectivity index (χ1) is 8.40. The molecular formula is C14H18BrF2N. The molecule has 1 nitrogen and oxygen atoms in total. The molecule has 1 aromatic carbocycles. The second-order valence-electron chi connectivity index (χ2n) is 5.68. The lowest BCUT2D eigenvalue weighted by molar-refractivity contribution is 0.216. The van der Waals surface area contributed by atoms with Gasteiger partial charge in [-0.2, -0.15) is 0 Å². The van der Waals surface area contributed by atoms with Gasteiger partial charge in [0.05, 0.1) is 10.2 Å². The van der Waals surface area contributed by atoms with Crippen molar-refractivity contribution in [1.29, 1.82) is 0 Å². The van der Waals surface area contributed by atoms with Gasteiger partial charge in [-0.15, -0.1) is 0 Å². The number of benzene rings is 1. The fraction of sp³-hybridized carbons (Fsp3) is 0.571. The van der Waals surface area contributed by atoms with E-state index in [1.165, 1.54) is 18.6 Å². The van der Waals surface area contributed by atoms with Gasteiger partial charge in [-0.3, -0.25) is 0 Å². The highest BCUT2D eigenvalue weighted by Crippen LogP contribution is 2.38. The highest BCUT2D eigenvalue weighted by Gasteiger charge is 2.32. The van der Waals surface area contributed by atoms with E-state index in [4.69, 9.17) is 0 Å². The molecule has 100 valence electrons. The van der Waals surface area contributed by atoms with E-state index < -0.39 is 11.6 Å². The predicted octanol–water partition coefficient (Wildman–Crippen LogP) is 5.11. The molecule has 18 heavy (non-hydrogen) atoms. The van der Waals surface area contributed by atoms with E-state index in [9.17, 15) is 8.78 Å². The molecule has 1 aliphatic carbocycles. The van der Waals surface area contributed by atoms with E-state index >= 15 is 0 Å². The Labute approximate surface area is 115 Å². The fourth-order valence-electron chi connectivity index (χ4n) is 2.58. The van der Waals surface area contributed by atoms with Crippen molar-refractivity contribution in [2.24, 2.45) is 5.41 Å². The van der Waals surface area contributed by atoms with Crippen molar-refractivity contribution in [3.05, 3.63) is 28.2 Å². The van der Waals surface area contributed by atoms with Crippen LogP contribution >= 0.6 is 15.9 Å². The zero-order chi connectivity index (χ0) is 13.3. The lowest BCUT2D eigenvalue weighted by atomic mass is 9.73. The van der Waals surface area contributed by atoms with E-state index in [0.717, 1.165) is 19.3 Å². The Morgan fingerprint density at radius 2 is 1.94 bits per heavy atom. The average Bonchev–Trinajstić information content (AvgIpc) is 2.28. The van der Waals surface area contributed by atoms with Crippen LogP contribution in [0, 0.1) is 17.0 Å². The molecule has 1 fully saturated rings. The van der Waals surface area contributed by atoms with Gasteiger partial charge in [0, 0.05) is 12.1 Å². The van der Waals surface area contributed by atoms with Gasteiger partial charge in [0.1, 0.15) is 11.6 Å². The second kappa shape index (κ2) is 5.16. The molecule has 4 heteroatoms. The van der Waals surface area contributed by atoms with E-state index in [1.807, 2.05) is 0 Å². The number of rotatable bonds is 2. The summed E-state index contributed by atoms with van der Waals surface area (Å²) in [5.41, 5.74) is 0.379. The first-order valence-corrected chi connectivity index (χ1v) is 7.10. The van der Waals surface area contributed by atoms with Crippen LogP contribution in [0.15, 0.2) is 16.6 Å².